The Morgan fingerprint density at radius 2 is 2.00 bits per heavy atom. The van der Waals surface area contributed by atoms with Crippen LogP contribution in [0.2, 0.25) is 0 Å². The number of anilines is 1. The molecule has 22 heavy (non-hydrogen) atoms. The van der Waals surface area contributed by atoms with Crippen molar-refractivity contribution < 1.29 is 14.6 Å². The summed E-state index contributed by atoms with van der Waals surface area (Å²) in [5.41, 5.74) is 3.14. The Kier molecular flexibility index (Phi) is 4.28. The van der Waals surface area contributed by atoms with Gasteiger partial charge < -0.3 is 15.2 Å². The predicted molar refractivity (Wildman–Crippen MR) is 85.5 cm³/mol. The molecule has 0 saturated carbocycles. The Morgan fingerprint density at radius 1 is 1.18 bits per heavy atom. The topological polar surface area (TPSA) is 58.6 Å². The molecule has 4 nitrogen and oxygen atoms in total. The van der Waals surface area contributed by atoms with E-state index in [4.69, 9.17) is 9.84 Å². The third-order valence-corrected chi connectivity index (χ3v) is 3.88. The third kappa shape index (κ3) is 3.22. The summed E-state index contributed by atoms with van der Waals surface area (Å²) < 4.78 is 5.87. The maximum atomic E-state index is 11.1. The van der Waals surface area contributed by atoms with Gasteiger partial charge >= 0.3 is 5.97 Å². The fourth-order valence-corrected chi connectivity index (χ4v) is 2.74. The number of hydrogen-bond donors (Lipinski definition) is 2. The summed E-state index contributed by atoms with van der Waals surface area (Å²) in [6.45, 7) is 0.628. The van der Waals surface area contributed by atoms with Crippen molar-refractivity contribution in [3.63, 3.8) is 0 Å². The van der Waals surface area contributed by atoms with Crippen molar-refractivity contribution in [2.24, 2.45) is 0 Å². The quantitative estimate of drug-likeness (QED) is 0.804. The maximum absolute atomic E-state index is 11.1. The van der Waals surface area contributed by atoms with E-state index in [9.17, 15) is 4.79 Å². The molecule has 2 N–H and O–H groups in total. The van der Waals surface area contributed by atoms with Crippen molar-refractivity contribution >= 4 is 11.7 Å². The number of ether oxygens (including phenoxy) is 1. The Balaban J connectivity index is 1.56. The lowest BCUT2D eigenvalue weighted by Crippen LogP contribution is -2.26. The zero-order valence-corrected chi connectivity index (χ0v) is 12.3. The first kappa shape index (κ1) is 14.4. The molecule has 1 heterocycles. The standard InChI is InChI=1S/C18H19NO3/c20-18(21)16-12-14-15(19-16)9-4-10-17(14)22-11-5-8-13-6-2-1-3-7-13/h1-4,6-7,9-10,16,19H,5,8,11-12H2,(H,20,21). The van der Waals surface area contributed by atoms with Gasteiger partial charge in [0.05, 0.1) is 6.61 Å². The van der Waals surface area contributed by atoms with Crippen LogP contribution in [0.1, 0.15) is 17.5 Å². The third-order valence-electron chi connectivity index (χ3n) is 3.88. The largest absolute Gasteiger partial charge is 0.493 e. The fourth-order valence-electron chi connectivity index (χ4n) is 2.74. The number of fused-ring (bicyclic) bond motifs is 1. The van der Waals surface area contributed by atoms with Crippen LogP contribution in [-0.2, 0) is 17.6 Å². The van der Waals surface area contributed by atoms with E-state index in [1.54, 1.807) is 0 Å². The van der Waals surface area contributed by atoms with Gasteiger partial charge in [0.15, 0.2) is 0 Å². The predicted octanol–water partition coefficient (Wildman–Crippen LogP) is 3.12. The van der Waals surface area contributed by atoms with Crippen LogP contribution in [0, 0.1) is 0 Å². The van der Waals surface area contributed by atoms with E-state index < -0.39 is 12.0 Å². The summed E-state index contributed by atoms with van der Waals surface area (Å²) in [5, 5.41) is 12.1. The van der Waals surface area contributed by atoms with E-state index in [0.29, 0.717) is 13.0 Å². The van der Waals surface area contributed by atoms with Crippen molar-refractivity contribution in [1.82, 2.24) is 0 Å². The first-order valence-corrected chi connectivity index (χ1v) is 7.52. The van der Waals surface area contributed by atoms with E-state index in [1.165, 1.54) is 5.56 Å². The normalized spacial score (nSPS) is 15.9. The highest BCUT2D eigenvalue weighted by Gasteiger charge is 2.28. The molecule has 2 aromatic rings. The van der Waals surface area contributed by atoms with Gasteiger partial charge in [-0.2, -0.15) is 0 Å². The molecular weight excluding hydrogens is 278 g/mol. The maximum Gasteiger partial charge on any atom is 0.326 e. The number of benzene rings is 2. The van der Waals surface area contributed by atoms with E-state index in [1.807, 2.05) is 36.4 Å². The Bertz CT molecular complexity index is 655. The minimum absolute atomic E-state index is 0.472. The van der Waals surface area contributed by atoms with Crippen LogP contribution in [0.5, 0.6) is 5.75 Å². The van der Waals surface area contributed by atoms with E-state index >= 15 is 0 Å². The van der Waals surface area contributed by atoms with Crippen molar-refractivity contribution in [2.45, 2.75) is 25.3 Å². The average molecular weight is 297 g/mol. The molecule has 0 aromatic heterocycles. The van der Waals surface area contributed by atoms with Crippen LogP contribution in [0.4, 0.5) is 5.69 Å². The molecule has 0 aliphatic carbocycles. The molecule has 1 aliphatic rings. The summed E-state index contributed by atoms with van der Waals surface area (Å²) in [4.78, 5) is 11.1. The number of nitrogens with one attached hydrogen (secondary N) is 1. The van der Waals surface area contributed by atoms with Gasteiger partial charge in [-0.15, -0.1) is 0 Å². The SMILES string of the molecule is O=C(O)C1Cc2c(cccc2OCCCc2ccccc2)N1. The number of aryl methyl sites for hydroxylation is 1. The molecule has 114 valence electrons. The summed E-state index contributed by atoms with van der Waals surface area (Å²) in [5.74, 6) is -0.0342. The van der Waals surface area contributed by atoms with Gasteiger partial charge in [-0.05, 0) is 30.5 Å². The number of hydrogen-bond acceptors (Lipinski definition) is 3. The van der Waals surface area contributed by atoms with Crippen LogP contribution in [-0.4, -0.2) is 23.7 Å². The highest BCUT2D eigenvalue weighted by Crippen LogP contribution is 2.33. The van der Waals surface area contributed by atoms with Gasteiger partial charge in [-0.25, -0.2) is 4.79 Å². The van der Waals surface area contributed by atoms with Gasteiger partial charge in [0.1, 0.15) is 11.8 Å². The van der Waals surface area contributed by atoms with E-state index in [2.05, 4.69) is 17.4 Å². The van der Waals surface area contributed by atoms with Crippen molar-refractivity contribution in [3.8, 4) is 5.75 Å². The first-order valence-electron chi connectivity index (χ1n) is 7.52. The van der Waals surface area contributed by atoms with Crippen LogP contribution < -0.4 is 10.1 Å². The van der Waals surface area contributed by atoms with Crippen molar-refractivity contribution in [1.29, 1.82) is 0 Å². The van der Waals surface area contributed by atoms with Gasteiger partial charge in [-0.3, -0.25) is 0 Å². The first-order chi connectivity index (χ1) is 10.7. The lowest BCUT2D eigenvalue weighted by Gasteiger charge is -2.10. The van der Waals surface area contributed by atoms with Crippen molar-refractivity contribution in [3.05, 3.63) is 59.7 Å². The van der Waals surface area contributed by atoms with Crippen LogP contribution >= 0.6 is 0 Å². The summed E-state index contributed by atoms with van der Waals surface area (Å²) in [6.07, 6.45) is 2.38. The lowest BCUT2D eigenvalue weighted by atomic mass is 10.1. The Hall–Kier alpha value is -2.49. The Morgan fingerprint density at radius 3 is 2.77 bits per heavy atom. The minimum atomic E-state index is -0.828. The Labute approximate surface area is 129 Å². The number of rotatable bonds is 6. The lowest BCUT2D eigenvalue weighted by molar-refractivity contribution is -0.137. The van der Waals surface area contributed by atoms with E-state index in [-0.39, 0.29) is 0 Å². The molecule has 2 aromatic carbocycles. The number of carbonyl (C=O) groups is 1. The second kappa shape index (κ2) is 6.52. The highest BCUT2D eigenvalue weighted by molar-refractivity contribution is 5.82. The minimum Gasteiger partial charge on any atom is -0.493 e. The summed E-state index contributed by atoms with van der Waals surface area (Å²) in [7, 11) is 0. The summed E-state index contributed by atoms with van der Waals surface area (Å²) in [6, 6.07) is 15.5. The van der Waals surface area contributed by atoms with E-state index in [0.717, 1.165) is 29.8 Å². The second-order valence-corrected chi connectivity index (χ2v) is 5.46. The monoisotopic (exact) mass is 297 g/mol. The second-order valence-electron chi connectivity index (χ2n) is 5.46. The molecule has 0 spiro atoms. The number of carboxylic acids is 1. The molecule has 0 radical (unpaired) electrons. The zero-order valence-electron chi connectivity index (χ0n) is 12.3. The highest BCUT2D eigenvalue weighted by atomic mass is 16.5. The molecule has 4 heteroatoms. The molecule has 1 aliphatic heterocycles. The molecule has 0 fully saturated rings. The van der Waals surface area contributed by atoms with Crippen LogP contribution in [0.25, 0.3) is 0 Å². The van der Waals surface area contributed by atoms with Gasteiger partial charge in [0, 0.05) is 17.7 Å². The summed E-state index contributed by atoms with van der Waals surface area (Å²) >= 11 is 0. The molecule has 0 saturated heterocycles. The number of aliphatic carboxylic acids is 1. The van der Waals surface area contributed by atoms with Gasteiger partial charge in [-0.1, -0.05) is 36.4 Å². The fraction of sp³-hybridized carbons (Fsp3) is 0.278. The smallest absolute Gasteiger partial charge is 0.326 e. The zero-order chi connectivity index (χ0) is 15.4. The number of carboxylic acid groups (broad SMARTS) is 1. The van der Waals surface area contributed by atoms with Gasteiger partial charge in [0.2, 0.25) is 0 Å². The van der Waals surface area contributed by atoms with Crippen LogP contribution in [0.3, 0.4) is 0 Å². The van der Waals surface area contributed by atoms with Crippen LogP contribution in [0.15, 0.2) is 48.5 Å². The molecular formula is C18H19NO3. The molecule has 0 amide bonds. The van der Waals surface area contributed by atoms with Crippen molar-refractivity contribution in [2.75, 3.05) is 11.9 Å². The van der Waals surface area contributed by atoms with Gasteiger partial charge in [0.25, 0.3) is 0 Å². The molecule has 1 atom stereocenters. The molecule has 1 unspecified atom stereocenters. The molecule has 3 rings (SSSR count). The molecule has 0 bridgehead atoms. The average Bonchev–Trinajstić information content (AvgIpc) is 2.98.